The SMILES string of the molecule is CN=C(NCc1ccsc1)NCc1cc(C#N)ccc1F. The van der Waals surface area contributed by atoms with E-state index in [-0.39, 0.29) is 12.4 Å². The number of nitrogens with zero attached hydrogens (tertiary/aromatic N) is 2. The standard InChI is InChI=1S/C15H15FN4S/c1-18-15(19-8-12-4-5-21-10-12)20-9-13-6-11(7-17)2-3-14(13)16/h2-6,10H,8-9H2,1H3,(H2,18,19,20). The molecule has 2 rings (SSSR count). The minimum Gasteiger partial charge on any atom is -0.352 e. The predicted molar refractivity (Wildman–Crippen MR) is 82.5 cm³/mol. The van der Waals surface area contributed by atoms with Gasteiger partial charge in [0.15, 0.2) is 5.96 Å². The second-order valence-corrected chi connectivity index (χ2v) is 5.11. The Morgan fingerprint density at radius 3 is 2.81 bits per heavy atom. The molecule has 0 saturated heterocycles. The van der Waals surface area contributed by atoms with E-state index in [1.807, 2.05) is 17.5 Å². The van der Waals surface area contributed by atoms with Gasteiger partial charge in [0.25, 0.3) is 0 Å². The fraction of sp³-hybridized carbons (Fsp3) is 0.200. The van der Waals surface area contributed by atoms with Crippen molar-refractivity contribution in [3.63, 3.8) is 0 Å². The van der Waals surface area contributed by atoms with Crippen molar-refractivity contribution in [2.45, 2.75) is 13.1 Å². The van der Waals surface area contributed by atoms with Gasteiger partial charge in [-0.25, -0.2) is 4.39 Å². The summed E-state index contributed by atoms with van der Waals surface area (Å²) in [5.74, 6) is 0.248. The number of aliphatic imine (C=N–C) groups is 1. The zero-order valence-electron chi connectivity index (χ0n) is 11.6. The van der Waals surface area contributed by atoms with Gasteiger partial charge in [-0.2, -0.15) is 16.6 Å². The first-order valence-electron chi connectivity index (χ1n) is 6.37. The van der Waals surface area contributed by atoms with Crippen molar-refractivity contribution in [1.29, 1.82) is 5.26 Å². The van der Waals surface area contributed by atoms with Gasteiger partial charge in [0, 0.05) is 25.7 Å². The van der Waals surface area contributed by atoms with Gasteiger partial charge in [0.1, 0.15) is 5.82 Å². The molecule has 0 radical (unpaired) electrons. The molecule has 1 aromatic heterocycles. The molecule has 2 N–H and O–H groups in total. The number of nitrogens with one attached hydrogen (secondary N) is 2. The van der Waals surface area contributed by atoms with E-state index < -0.39 is 0 Å². The molecule has 0 spiro atoms. The zero-order chi connectivity index (χ0) is 15.1. The highest BCUT2D eigenvalue weighted by Gasteiger charge is 2.05. The van der Waals surface area contributed by atoms with Gasteiger partial charge in [-0.15, -0.1) is 0 Å². The number of hydrogen-bond acceptors (Lipinski definition) is 3. The molecule has 0 saturated carbocycles. The maximum absolute atomic E-state index is 13.7. The summed E-state index contributed by atoms with van der Waals surface area (Å²) in [6, 6.07) is 8.33. The van der Waals surface area contributed by atoms with E-state index in [2.05, 4.69) is 21.0 Å². The van der Waals surface area contributed by atoms with Crippen LogP contribution < -0.4 is 10.6 Å². The third kappa shape index (κ3) is 4.29. The third-order valence-corrected chi connectivity index (χ3v) is 3.62. The van der Waals surface area contributed by atoms with Crippen LogP contribution in [0.5, 0.6) is 0 Å². The molecule has 108 valence electrons. The van der Waals surface area contributed by atoms with Crippen LogP contribution in [0.1, 0.15) is 16.7 Å². The lowest BCUT2D eigenvalue weighted by molar-refractivity contribution is 0.604. The number of nitriles is 1. The molecule has 0 atom stereocenters. The first-order valence-corrected chi connectivity index (χ1v) is 7.31. The summed E-state index contributed by atoms with van der Waals surface area (Å²) in [6.07, 6.45) is 0. The van der Waals surface area contributed by atoms with Gasteiger partial charge < -0.3 is 10.6 Å². The fourth-order valence-corrected chi connectivity index (χ4v) is 2.43. The Hall–Kier alpha value is -2.39. The van der Waals surface area contributed by atoms with E-state index >= 15 is 0 Å². The van der Waals surface area contributed by atoms with Crippen LogP contribution in [0.25, 0.3) is 0 Å². The molecule has 0 unspecified atom stereocenters. The zero-order valence-corrected chi connectivity index (χ0v) is 12.4. The molecule has 0 aliphatic carbocycles. The molecule has 2 aromatic rings. The summed E-state index contributed by atoms with van der Waals surface area (Å²) in [7, 11) is 1.66. The summed E-state index contributed by atoms with van der Waals surface area (Å²) in [6.45, 7) is 0.925. The van der Waals surface area contributed by atoms with Crippen LogP contribution in [-0.2, 0) is 13.1 Å². The number of benzene rings is 1. The van der Waals surface area contributed by atoms with Gasteiger partial charge in [-0.3, -0.25) is 4.99 Å². The summed E-state index contributed by atoms with van der Waals surface area (Å²) in [5.41, 5.74) is 2.04. The van der Waals surface area contributed by atoms with Crippen molar-refractivity contribution in [2.24, 2.45) is 4.99 Å². The second kappa shape index (κ2) is 7.41. The van der Waals surface area contributed by atoms with Crippen LogP contribution in [0, 0.1) is 17.1 Å². The van der Waals surface area contributed by atoms with E-state index in [0.717, 1.165) is 0 Å². The molecule has 1 aromatic carbocycles. The van der Waals surface area contributed by atoms with Crippen LogP contribution in [0.2, 0.25) is 0 Å². The lowest BCUT2D eigenvalue weighted by Gasteiger charge is -2.12. The van der Waals surface area contributed by atoms with Gasteiger partial charge in [-0.05, 0) is 40.6 Å². The van der Waals surface area contributed by atoms with Crippen LogP contribution in [-0.4, -0.2) is 13.0 Å². The monoisotopic (exact) mass is 302 g/mol. The van der Waals surface area contributed by atoms with Gasteiger partial charge >= 0.3 is 0 Å². The van der Waals surface area contributed by atoms with Crippen LogP contribution in [0.4, 0.5) is 4.39 Å². The number of thiophene rings is 1. The van der Waals surface area contributed by atoms with Crippen molar-refractivity contribution in [3.05, 3.63) is 57.5 Å². The quantitative estimate of drug-likeness (QED) is 0.674. The molecular weight excluding hydrogens is 287 g/mol. The highest BCUT2D eigenvalue weighted by atomic mass is 32.1. The molecule has 0 bridgehead atoms. The summed E-state index contributed by atoms with van der Waals surface area (Å²) in [5, 5.41) is 19.1. The fourth-order valence-electron chi connectivity index (χ4n) is 1.76. The minimum absolute atomic E-state index is 0.269. The van der Waals surface area contributed by atoms with Gasteiger partial charge in [0.05, 0.1) is 11.6 Å². The largest absolute Gasteiger partial charge is 0.352 e. The van der Waals surface area contributed by atoms with Crippen molar-refractivity contribution in [3.8, 4) is 6.07 Å². The molecule has 6 heteroatoms. The van der Waals surface area contributed by atoms with Crippen LogP contribution in [0.3, 0.4) is 0 Å². The number of rotatable bonds is 4. The first-order chi connectivity index (χ1) is 10.2. The normalized spacial score (nSPS) is 11.0. The Balaban J connectivity index is 1.93. The predicted octanol–water partition coefficient (Wildman–Crippen LogP) is 2.62. The number of guanidine groups is 1. The van der Waals surface area contributed by atoms with Crippen molar-refractivity contribution in [2.75, 3.05) is 7.05 Å². The molecule has 4 nitrogen and oxygen atoms in total. The summed E-state index contributed by atoms with van der Waals surface area (Å²) < 4.78 is 13.7. The minimum atomic E-state index is -0.338. The Kier molecular flexibility index (Phi) is 5.29. The smallest absolute Gasteiger partial charge is 0.191 e. The lowest BCUT2D eigenvalue weighted by Crippen LogP contribution is -2.36. The topological polar surface area (TPSA) is 60.2 Å². The van der Waals surface area contributed by atoms with Crippen LogP contribution in [0.15, 0.2) is 40.0 Å². The summed E-state index contributed by atoms with van der Waals surface area (Å²) in [4.78, 5) is 4.09. The number of hydrogen-bond donors (Lipinski definition) is 2. The van der Waals surface area contributed by atoms with E-state index in [9.17, 15) is 4.39 Å². The average molecular weight is 302 g/mol. The average Bonchev–Trinajstić information content (AvgIpc) is 3.02. The highest BCUT2D eigenvalue weighted by molar-refractivity contribution is 7.07. The van der Waals surface area contributed by atoms with E-state index in [1.165, 1.54) is 23.8 Å². The Morgan fingerprint density at radius 1 is 1.33 bits per heavy atom. The highest BCUT2D eigenvalue weighted by Crippen LogP contribution is 2.10. The third-order valence-electron chi connectivity index (χ3n) is 2.88. The molecule has 1 heterocycles. The Bertz CT molecular complexity index is 659. The lowest BCUT2D eigenvalue weighted by atomic mass is 10.1. The maximum atomic E-state index is 13.7. The molecule has 0 amide bonds. The van der Waals surface area contributed by atoms with Gasteiger partial charge in [-0.1, -0.05) is 0 Å². The molecule has 21 heavy (non-hydrogen) atoms. The number of halogens is 1. The van der Waals surface area contributed by atoms with Gasteiger partial charge in [0.2, 0.25) is 0 Å². The first kappa shape index (κ1) is 15.0. The van der Waals surface area contributed by atoms with Crippen LogP contribution >= 0.6 is 11.3 Å². The van der Waals surface area contributed by atoms with Crippen molar-refractivity contribution >= 4 is 17.3 Å². The Labute approximate surface area is 127 Å². The maximum Gasteiger partial charge on any atom is 0.191 e. The Morgan fingerprint density at radius 2 is 2.14 bits per heavy atom. The molecular formula is C15H15FN4S. The van der Waals surface area contributed by atoms with E-state index in [0.29, 0.717) is 23.6 Å². The van der Waals surface area contributed by atoms with E-state index in [1.54, 1.807) is 18.4 Å². The second-order valence-electron chi connectivity index (χ2n) is 4.33. The van der Waals surface area contributed by atoms with Crippen molar-refractivity contribution in [1.82, 2.24) is 10.6 Å². The molecule has 0 fully saturated rings. The summed E-state index contributed by atoms with van der Waals surface area (Å²) >= 11 is 1.63. The molecule has 0 aliphatic rings. The van der Waals surface area contributed by atoms with Crippen molar-refractivity contribution < 1.29 is 4.39 Å². The molecule has 0 aliphatic heterocycles. The van der Waals surface area contributed by atoms with E-state index in [4.69, 9.17) is 5.26 Å².